The average molecular weight is 255 g/mol. The summed E-state index contributed by atoms with van der Waals surface area (Å²) < 4.78 is 19.0. The largest absolute Gasteiger partial charge is 0.389 e. The highest BCUT2D eigenvalue weighted by atomic mass is 32.1. The van der Waals surface area contributed by atoms with Gasteiger partial charge in [-0.25, -0.2) is 4.39 Å². The van der Waals surface area contributed by atoms with Crippen LogP contribution in [-0.4, -0.2) is 11.6 Å². The van der Waals surface area contributed by atoms with Gasteiger partial charge in [0.2, 0.25) is 0 Å². The van der Waals surface area contributed by atoms with Gasteiger partial charge in [0.05, 0.1) is 6.61 Å². The van der Waals surface area contributed by atoms with E-state index in [4.69, 9.17) is 22.7 Å². The Hall–Kier alpha value is -1.00. The second-order valence-corrected chi connectivity index (χ2v) is 4.85. The number of ether oxygens (including phenoxy) is 1. The van der Waals surface area contributed by atoms with Crippen LogP contribution in [0.1, 0.15) is 31.4 Å². The molecule has 0 unspecified atom stereocenters. The normalized spacial score (nSPS) is 10.8. The lowest BCUT2D eigenvalue weighted by Crippen LogP contribution is -2.10. The zero-order valence-electron chi connectivity index (χ0n) is 10.2. The van der Waals surface area contributed by atoms with Crippen LogP contribution in [0.2, 0.25) is 0 Å². The van der Waals surface area contributed by atoms with E-state index in [1.165, 1.54) is 6.07 Å². The highest BCUT2D eigenvalue weighted by Crippen LogP contribution is 2.12. The van der Waals surface area contributed by atoms with Crippen molar-refractivity contribution in [1.29, 1.82) is 0 Å². The Morgan fingerprint density at radius 2 is 2.18 bits per heavy atom. The number of nitrogens with two attached hydrogens (primary N) is 1. The van der Waals surface area contributed by atoms with Crippen LogP contribution >= 0.6 is 12.2 Å². The molecule has 94 valence electrons. The van der Waals surface area contributed by atoms with Gasteiger partial charge in [-0.15, -0.1) is 0 Å². The lowest BCUT2D eigenvalue weighted by atomic mass is 10.1. The number of rotatable bonds is 6. The zero-order chi connectivity index (χ0) is 12.8. The summed E-state index contributed by atoms with van der Waals surface area (Å²) in [5.41, 5.74) is 6.50. The molecular formula is C13H18FNOS. The van der Waals surface area contributed by atoms with E-state index in [9.17, 15) is 4.39 Å². The number of hydrogen-bond donors (Lipinski definition) is 1. The van der Waals surface area contributed by atoms with Crippen molar-refractivity contribution in [2.45, 2.75) is 26.9 Å². The molecule has 0 aromatic heterocycles. The predicted molar refractivity (Wildman–Crippen MR) is 71.4 cm³/mol. The van der Waals surface area contributed by atoms with E-state index in [0.29, 0.717) is 23.7 Å². The van der Waals surface area contributed by atoms with Crippen molar-refractivity contribution >= 4 is 17.2 Å². The van der Waals surface area contributed by atoms with Crippen LogP contribution in [0, 0.1) is 11.7 Å². The maximum Gasteiger partial charge on any atom is 0.129 e. The molecule has 2 nitrogen and oxygen atoms in total. The second kappa shape index (κ2) is 6.67. The Morgan fingerprint density at radius 3 is 2.71 bits per heavy atom. The van der Waals surface area contributed by atoms with Crippen LogP contribution in [0.15, 0.2) is 18.2 Å². The summed E-state index contributed by atoms with van der Waals surface area (Å²) in [6.07, 6.45) is 0.979. The third kappa shape index (κ3) is 4.79. The summed E-state index contributed by atoms with van der Waals surface area (Å²) in [4.78, 5) is 0.205. The first-order valence-corrected chi connectivity index (χ1v) is 6.07. The van der Waals surface area contributed by atoms with Gasteiger partial charge in [0.15, 0.2) is 0 Å². The first-order valence-electron chi connectivity index (χ1n) is 5.66. The molecule has 0 bridgehead atoms. The summed E-state index contributed by atoms with van der Waals surface area (Å²) in [7, 11) is 0. The van der Waals surface area contributed by atoms with Crippen molar-refractivity contribution in [1.82, 2.24) is 0 Å². The second-order valence-electron chi connectivity index (χ2n) is 4.41. The minimum Gasteiger partial charge on any atom is -0.389 e. The number of halogens is 1. The SMILES string of the molecule is CC(C)CCOCc1ccc(C(N)=S)cc1F. The van der Waals surface area contributed by atoms with Crippen molar-refractivity contribution in [3.05, 3.63) is 35.1 Å². The molecule has 1 aromatic rings. The van der Waals surface area contributed by atoms with Gasteiger partial charge in [0.1, 0.15) is 10.8 Å². The van der Waals surface area contributed by atoms with Gasteiger partial charge in [-0.2, -0.15) is 0 Å². The van der Waals surface area contributed by atoms with Crippen molar-refractivity contribution in [3.8, 4) is 0 Å². The van der Waals surface area contributed by atoms with Gasteiger partial charge in [-0.3, -0.25) is 0 Å². The van der Waals surface area contributed by atoms with Crippen LogP contribution < -0.4 is 5.73 Å². The molecule has 4 heteroatoms. The molecule has 0 amide bonds. The molecule has 0 saturated heterocycles. The Labute approximate surface area is 107 Å². The summed E-state index contributed by atoms with van der Waals surface area (Å²) in [5.74, 6) is 0.275. The molecule has 17 heavy (non-hydrogen) atoms. The van der Waals surface area contributed by atoms with E-state index in [0.717, 1.165) is 6.42 Å². The topological polar surface area (TPSA) is 35.2 Å². The first-order chi connectivity index (χ1) is 8.00. The van der Waals surface area contributed by atoms with E-state index in [2.05, 4.69) is 13.8 Å². The van der Waals surface area contributed by atoms with E-state index in [1.54, 1.807) is 12.1 Å². The standard InChI is InChI=1S/C13H18FNOS/c1-9(2)5-6-16-8-11-4-3-10(13(15)17)7-12(11)14/h3-4,7,9H,5-6,8H2,1-2H3,(H2,15,17). The maximum atomic E-state index is 13.6. The quantitative estimate of drug-likeness (QED) is 0.627. The van der Waals surface area contributed by atoms with Gasteiger partial charge in [-0.05, 0) is 18.4 Å². The van der Waals surface area contributed by atoms with Gasteiger partial charge >= 0.3 is 0 Å². The van der Waals surface area contributed by atoms with E-state index in [-0.39, 0.29) is 17.4 Å². The molecule has 1 aromatic carbocycles. The summed E-state index contributed by atoms with van der Waals surface area (Å²) in [6.45, 7) is 5.19. The summed E-state index contributed by atoms with van der Waals surface area (Å²) in [6, 6.07) is 4.73. The lowest BCUT2D eigenvalue weighted by molar-refractivity contribution is 0.108. The zero-order valence-corrected chi connectivity index (χ0v) is 11.0. The van der Waals surface area contributed by atoms with Crippen LogP contribution in [0.4, 0.5) is 4.39 Å². The fourth-order valence-electron chi connectivity index (χ4n) is 1.32. The third-order valence-corrected chi connectivity index (χ3v) is 2.67. The predicted octanol–water partition coefficient (Wildman–Crippen LogP) is 3.02. The molecule has 0 aliphatic heterocycles. The van der Waals surface area contributed by atoms with Crippen molar-refractivity contribution in [3.63, 3.8) is 0 Å². The molecule has 0 saturated carbocycles. The summed E-state index contributed by atoms with van der Waals surface area (Å²) >= 11 is 4.78. The molecule has 2 N–H and O–H groups in total. The Morgan fingerprint density at radius 1 is 1.47 bits per heavy atom. The average Bonchev–Trinajstić information content (AvgIpc) is 2.25. The first kappa shape index (κ1) is 14.1. The van der Waals surface area contributed by atoms with Gasteiger partial charge < -0.3 is 10.5 Å². The van der Waals surface area contributed by atoms with Gasteiger partial charge in [0, 0.05) is 17.7 Å². The van der Waals surface area contributed by atoms with Crippen LogP contribution in [-0.2, 0) is 11.3 Å². The molecule has 0 radical (unpaired) electrons. The van der Waals surface area contributed by atoms with Crippen molar-refractivity contribution in [2.24, 2.45) is 11.7 Å². The molecule has 0 heterocycles. The fourth-order valence-corrected chi connectivity index (χ4v) is 1.45. The van der Waals surface area contributed by atoms with Crippen molar-refractivity contribution in [2.75, 3.05) is 6.61 Å². The lowest BCUT2D eigenvalue weighted by Gasteiger charge is -2.08. The van der Waals surface area contributed by atoms with Crippen LogP contribution in [0.25, 0.3) is 0 Å². The van der Waals surface area contributed by atoms with Gasteiger partial charge in [-0.1, -0.05) is 38.2 Å². The number of benzene rings is 1. The monoisotopic (exact) mass is 255 g/mol. The molecule has 0 aliphatic rings. The number of hydrogen-bond acceptors (Lipinski definition) is 2. The van der Waals surface area contributed by atoms with E-state index >= 15 is 0 Å². The molecule has 0 fully saturated rings. The highest BCUT2D eigenvalue weighted by Gasteiger charge is 2.05. The Bertz CT molecular complexity index is 393. The molecule has 1 rings (SSSR count). The van der Waals surface area contributed by atoms with E-state index < -0.39 is 0 Å². The number of thiocarbonyl (C=S) groups is 1. The molecule has 0 spiro atoms. The molecule has 0 aliphatic carbocycles. The van der Waals surface area contributed by atoms with Crippen molar-refractivity contribution < 1.29 is 9.13 Å². The summed E-state index contributed by atoms with van der Waals surface area (Å²) in [5, 5.41) is 0. The Kier molecular flexibility index (Phi) is 5.51. The third-order valence-electron chi connectivity index (χ3n) is 2.43. The molecular weight excluding hydrogens is 237 g/mol. The maximum absolute atomic E-state index is 13.6. The van der Waals surface area contributed by atoms with Crippen LogP contribution in [0.5, 0.6) is 0 Å². The Balaban J connectivity index is 2.52. The minimum atomic E-state index is -0.320. The fraction of sp³-hybridized carbons (Fsp3) is 0.462. The van der Waals surface area contributed by atoms with E-state index in [1.807, 2.05) is 0 Å². The minimum absolute atomic E-state index is 0.205. The smallest absolute Gasteiger partial charge is 0.129 e. The highest BCUT2D eigenvalue weighted by molar-refractivity contribution is 7.80. The van der Waals surface area contributed by atoms with Crippen LogP contribution in [0.3, 0.4) is 0 Å². The molecule has 0 atom stereocenters. The van der Waals surface area contributed by atoms with Gasteiger partial charge in [0.25, 0.3) is 0 Å².